The minimum absolute atomic E-state index is 0.226. The van der Waals surface area contributed by atoms with Gasteiger partial charge in [-0.05, 0) is 0 Å². The van der Waals surface area contributed by atoms with Crippen molar-refractivity contribution in [2.24, 2.45) is 0 Å². The predicted octanol–water partition coefficient (Wildman–Crippen LogP) is 0.736. The smallest absolute Gasteiger partial charge is 0.223 e. The van der Waals surface area contributed by atoms with Crippen molar-refractivity contribution in [3.8, 4) is 0 Å². The van der Waals surface area contributed by atoms with E-state index in [2.05, 4.69) is 21.3 Å². The Morgan fingerprint density at radius 1 is 1.42 bits per heavy atom. The first-order valence-corrected chi connectivity index (χ1v) is 4.00. The van der Waals surface area contributed by atoms with E-state index in [4.69, 9.17) is 17.3 Å². The molecule has 0 unspecified atom stereocenters. The van der Waals surface area contributed by atoms with E-state index in [1.165, 1.54) is 0 Å². The zero-order valence-electron chi connectivity index (χ0n) is 6.37. The number of nitrogens with two attached hydrogens (primary N) is 1. The number of halogens is 1. The third-order valence-corrected chi connectivity index (χ3v) is 1.92. The molecule has 1 aromatic rings. The number of nitrogen functional groups attached to an aromatic ring is 1. The van der Waals surface area contributed by atoms with Gasteiger partial charge in [-0.3, -0.25) is 0 Å². The van der Waals surface area contributed by atoms with Gasteiger partial charge in [0.15, 0.2) is 0 Å². The van der Waals surface area contributed by atoms with Crippen molar-refractivity contribution in [3.05, 3.63) is 17.6 Å². The Morgan fingerprint density at radius 3 is 2.67 bits per heavy atom. The molecule has 0 atom stereocenters. The topological polar surface area (TPSA) is 55.0 Å². The van der Waals surface area contributed by atoms with Gasteiger partial charge in [-0.2, -0.15) is 4.98 Å². The first-order valence-electron chi connectivity index (χ1n) is 3.62. The van der Waals surface area contributed by atoms with Crippen LogP contribution >= 0.6 is 11.6 Å². The lowest BCUT2D eigenvalue weighted by Crippen LogP contribution is -2.38. The molecule has 5 heteroatoms. The largest absolute Gasteiger partial charge is 0.368 e. The summed E-state index contributed by atoms with van der Waals surface area (Å²) in [5.41, 5.74) is 5.43. The van der Waals surface area contributed by atoms with Gasteiger partial charge < -0.3 is 10.6 Å². The van der Waals surface area contributed by atoms with Gasteiger partial charge in [0.25, 0.3) is 0 Å². The molecule has 1 aliphatic rings. The molecule has 2 heterocycles. The van der Waals surface area contributed by atoms with Crippen LogP contribution in [-0.4, -0.2) is 23.1 Å². The molecule has 2 N–H and O–H groups in total. The van der Waals surface area contributed by atoms with E-state index in [1.807, 2.05) is 0 Å². The summed E-state index contributed by atoms with van der Waals surface area (Å²) in [5, 5.41) is 0.393. The normalized spacial score (nSPS) is 15.9. The lowest BCUT2D eigenvalue weighted by Gasteiger charge is -2.31. The van der Waals surface area contributed by atoms with Crippen LogP contribution in [0, 0.1) is 6.42 Å². The van der Waals surface area contributed by atoms with Crippen LogP contribution in [0.25, 0.3) is 0 Å². The van der Waals surface area contributed by atoms with Gasteiger partial charge >= 0.3 is 0 Å². The van der Waals surface area contributed by atoms with Crippen molar-refractivity contribution in [2.45, 2.75) is 0 Å². The van der Waals surface area contributed by atoms with Gasteiger partial charge in [-0.1, -0.05) is 11.6 Å². The molecule has 0 aromatic carbocycles. The molecule has 63 valence electrons. The van der Waals surface area contributed by atoms with Crippen molar-refractivity contribution < 1.29 is 0 Å². The highest BCUT2D eigenvalue weighted by Crippen LogP contribution is 2.20. The minimum Gasteiger partial charge on any atom is -0.368 e. The molecule has 12 heavy (non-hydrogen) atoms. The van der Waals surface area contributed by atoms with Crippen molar-refractivity contribution >= 4 is 23.4 Å². The van der Waals surface area contributed by atoms with E-state index < -0.39 is 0 Å². The highest BCUT2D eigenvalue weighted by atomic mass is 35.5. The van der Waals surface area contributed by atoms with Crippen LogP contribution in [0.5, 0.6) is 0 Å². The zero-order valence-corrected chi connectivity index (χ0v) is 7.12. The van der Waals surface area contributed by atoms with Crippen molar-refractivity contribution in [2.75, 3.05) is 23.7 Å². The third kappa shape index (κ3) is 1.30. The average molecular weight is 184 g/mol. The van der Waals surface area contributed by atoms with E-state index in [1.54, 1.807) is 6.07 Å². The lowest BCUT2D eigenvalue weighted by molar-refractivity contribution is 0.748. The Morgan fingerprint density at radius 2 is 2.17 bits per heavy atom. The second kappa shape index (κ2) is 2.79. The van der Waals surface area contributed by atoms with Crippen LogP contribution in [0.4, 0.5) is 11.8 Å². The first-order chi connectivity index (χ1) is 5.75. The summed E-state index contributed by atoms with van der Waals surface area (Å²) < 4.78 is 0. The first kappa shape index (κ1) is 7.61. The fraction of sp³-hybridized carbons (Fsp3) is 0.286. The molecular formula is C7H8ClN4. The molecule has 1 saturated heterocycles. The Kier molecular flexibility index (Phi) is 1.77. The van der Waals surface area contributed by atoms with Crippen molar-refractivity contribution in [1.82, 2.24) is 9.97 Å². The fourth-order valence-corrected chi connectivity index (χ4v) is 1.21. The predicted molar refractivity (Wildman–Crippen MR) is 48.0 cm³/mol. The maximum absolute atomic E-state index is 5.71. The number of hydrogen-bond acceptors (Lipinski definition) is 4. The maximum Gasteiger partial charge on any atom is 0.223 e. The molecule has 0 aliphatic carbocycles. The Hall–Kier alpha value is -1.03. The van der Waals surface area contributed by atoms with E-state index in [9.17, 15) is 0 Å². The average Bonchev–Trinajstić information content (AvgIpc) is 1.79. The molecule has 1 radical (unpaired) electrons. The monoisotopic (exact) mass is 183 g/mol. The van der Waals surface area contributed by atoms with Crippen LogP contribution in [0.2, 0.25) is 5.15 Å². The van der Waals surface area contributed by atoms with E-state index >= 15 is 0 Å². The van der Waals surface area contributed by atoms with Crippen LogP contribution in [-0.2, 0) is 0 Å². The quantitative estimate of drug-likeness (QED) is 0.653. The second-order valence-electron chi connectivity index (χ2n) is 2.60. The molecule has 0 saturated carbocycles. The maximum atomic E-state index is 5.71. The summed E-state index contributed by atoms with van der Waals surface area (Å²) in [7, 11) is 0. The SMILES string of the molecule is Nc1nc(Cl)cc(N2C[CH]C2)n1. The summed E-state index contributed by atoms with van der Waals surface area (Å²) in [6.07, 6.45) is 2.15. The molecule has 0 amide bonds. The minimum atomic E-state index is 0.226. The molecule has 1 aliphatic heterocycles. The summed E-state index contributed by atoms with van der Waals surface area (Å²) >= 11 is 5.71. The molecule has 2 rings (SSSR count). The van der Waals surface area contributed by atoms with E-state index in [-0.39, 0.29) is 5.95 Å². The number of nitrogens with zero attached hydrogens (tertiary/aromatic N) is 3. The van der Waals surface area contributed by atoms with Crippen LogP contribution in [0.1, 0.15) is 0 Å². The summed E-state index contributed by atoms with van der Waals surface area (Å²) in [6, 6.07) is 1.71. The van der Waals surface area contributed by atoms with E-state index in [0.29, 0.717) is 5.15 Å². The lowest BCUT2D eigenvalue weighted by atomic mass is 10.2. The summed E-state index contributed by atoms with van der Waals surface area (Å²) in [4.78, 5) is 9.87. The number of hydrogen-bond donors (Lipinski definition) is 1. The Balaban J connectivity index is 2.30. The third-order valence-electron chi connectivity index (χ3n) is 1.72. The second-order valence-corrected chi connectivity index (χ2v) is 2.99. The van der Waals surface area contributed by atoms with Gasteiger partial charge in [0.1, 0.15) is 11.0 Å². The molecule has 4 nitrogen and oxygen atoms in total. The molecular weight excluding hydrogens is 176 g/mol. The fourth-order valence-electron chi connectivity index (χ4n) is 1.03. The van der Waals surface area contributed by atoms with Crippen molar-refractivity contribution in [3.63, 3.8) is 0 Å². The number of rotatable bonds is 1. The van der Waals surface area contributed by atoms with Gasteiger partial charge in [0.2, 0.25) is 5.95 Å². The van der Waals surface area contributed by atoms with Gasteiger partial charge in [0, 0.05) is 25.6 Å². The number of anilines is 2. The standard InChI is InChI=1S/C7H8ClN4/c8-5-4-6(11-7(9)10-5)12-2-1-3-12/h1,4H,2-3H2,(H2,9,10,11). The number of aromatic nitrogens is 2. The Labute approximate surface area is 75.4 Å². The summed E-state index contributed by atoms with van der Waals surface area (Å²) in [5.74, 6) is 1.03. The van der Waals surface area contributed by atoms with Crippen LogP contribution < -0.4 is 10.6 Å². The molecule has 0 bridgehead atoms. The Bertz CT molecular complexity index is 277. The molecule has 1 fully saturated rings. The van der Waals surface area contributed by atoms with Gasteiger partial charge in [-0.15, -0.1) is 0 Å². The van der Waals surface area contributed by atoms with Gasteiger partial charge in [0.05, 0.1) is 0 Å². The molecule has 0 spiro atoms. The van der Waals surface area contributed by atoms with Gasteiger partial charge in [-0.25, -0.2) is 4.98 Å². The van der Waals surface area contributed by atoms with E-state index in [0.717, 1.165) is 18.9 Å². The highest BCUT2D eigenvalue weighted by molar-refractivity contribution is 6.29. The zero-order chi connectivity index (χ0) is 8.55. The highest BCUT2D eigenvalue weighted by Gasteiger charge is 2.16. The van der Waals surface area contributed by atoms with Crippen LogP contribution in [0.15, 0.2) is 6.07 Å². The molecule has 1 aromatic heterocycles. The van der Waals surface area contributed by atoms with Crippen molar-refractivity contribution in [1.29, 1.82) is 0 Å². The summed E-state index contributed by atoms with van der Waals surface area (Å²) in [6.45, 7) is 1.82. The van der Waals surface area contributed by atoms with Crippen LogP contribution in [0.3, 0.4) is 0 Å².